The van der Waals surface area contributed by atoms with E-state index in [4.69, 9.17) is 23.2 Å². The Morgan fingerprint density at radius 1 is 0.167 bits per heavy atom. The molecule has 0 amide bonds. The van der Waals surface area contributed by atoms with Crippen LogP contribution in [0.15, 0.2) is 461 Å². The molecule has 0 saturated heterocycles. The number of fused-ring (bicyclic) bond motifs is 8. The van der Waals surface area contributed by atoms with Crippen molar-refractivity contribution in [1.82, 2.24) is 0 Å². The van der Waals surface area contributed by atoms with Gasteiger partial charge in [-0.25, -0.2) is 0 Å². The first-order valence-electron chi connectivity index (χ1n) is 40.7. The van der Waals surface area contributed by atoms with Crippen molar-refractivity contribution in [3.05, 3.63) is 471 Å². The van der Waals surface area contributed by atoms with E-state index in [0.717, 1.165) is 91.0 Å². The molecule has 0 N–H and O–H groups in total. The maximum atomic E-state index is 7.65. The minimum absolute atomic E-state index is 0.00842. The van der Waals surface area contributed by atoms with Crippen LogP contribution in [0.2, 0.25) is 10.0 Å². The molecule has 0 spiro atoms. The molecule has 0 unspecified atom stereocenters. The third-order valence-electron chi connectivity index (χ3n) is 23.3. The molecule has 0 radical (unpaired) electrons. The second-order valence-corrected chi connectivity index (χ2v) is 30.9. The Kier molecular flexibility index (Phi) is 19.2. The molecule has 18 aromatic rings. The van der Waals surface area contributed by atoms with Crippen LogP contribution in [-0.4, -0.2) is 13.4 Å². The van der Waals surface area contributed by atoms with Crippen LogP contribution in [0.25, 0.3) is 0 Å². The summed E-state index contributed by atoms with van der Waals surface area (Å²) in [6.07, 6.45) is 0. The van der Waals surface area contributed by atoms with Crippen molar-refractivity contribution in [2.75, 3.05) is 39.2 Å². The lowest BCUT2D eigenvalue weighted by atomic mass is 9.30. The first-order chi connectivity index (χ1) is 59.5. The van der Waals surface area contributed by atoms with E-state index in [2.05, 4.69) is 415 Å². The van der Waals surface area contributed by atoms with Gasteiger partial charge in [-0.2, -0.15) is 0 Å². The minimum Gasteiger partial charge on any atom is -0.311 e. The van der Waals surface area contributed by atoms with Crippen LogP contribution in [0, 0.1) is 0 Å². The van der Waals surface area contributed by atoms with Gasteiger partial charge in [0.25, 0.3) is 13.4 Å². The minimum atomic E-state index is 0.00842. The molecule has 4 aliphatic heterocycles. The van der Waals surface area contributed by atoms with Gasteiger partial charge in [-0.1, -0.05) is 278 Å². The Morgan fingerprint density at radius 3 is 0.658 bits per heavy atom. The van der Waals surface area contributed by atoms with Gasteiger partial charge in [-0.3, -0.25) is 0 Å². The SMILES string of the molecule is Clc1c(N(c2ccccc2)c2ccccc2)cccc1N(c1ccccc1)c1cccc(N(c2ccccc2)c2cccc(N(c3ccccc3)c3ccccc3)c2Cl)c1.c1ccc(N2c3ccccc3B3c4cc5c(cc4N(c4ccccc4)c4cccc2c43)N(c2ccccc2)c2cccc3c2B5c2ccccc2N3c2ccccc2)cc1. The van der Waals surface area contributed by atoms with Gasteiger partial charge in [0.05, 0.1) is 32.8 Å². The molecule has 22 rings (SSSR count). The summed E-state index contributed by atoms with van der Waals surface area (Å²) in [6, 6.07) is 164. The number of nitrogens with zero attached hydrogens (tertiary/aromatic N) is 8. The van der Waals surface area contributed by atoms with E-state index in [1.807, 2.05) is 84.9 Å². The smallest absolute Gasteiger partial charge is 0.252 e. The Morgan fingerprint density at radius 2 is 0.375 bits per heavy atom. The van der Waals surface area contributed by atoms with Gasteiger partial charge in [-0.05, 0) is 239 Å². The Balaban J connectivity index is 0.000000148. The second kappa shape index (κ2) is 31.6. The molecule has 0 aromatic heterocycles. The number of anilines is 24. The van der Waals surface area contributed by atoms with E-state index in [1.54, 1.807) is 0 Å². The van der Waals surface area contributed by atoms with Crippen molar-refractivity contribution >= 4 is 206 Å². The van der Waals surface area contributed by atoms with Gasteiger partial charge < -0.3 is 39.2 Å². The molecule has 568 valence electrons. The molecule has 0 bridgehead atoms. The topological polar surface area (TPSA) is 25.9 Å². The largest absolute Gasteiger partial charge is 0.311 e. The molecule has 8 nitrogen and oxygen atoms in total. The van der Waals surface area contributed by atoms with Crippen LogP contribution in [0.3, 0.4) is 0 Å². The fraction of sp³-hybridized carbons (Fsp3) is 0. The summed E-state index contributed by atoms with van der Waals surface area (Å²) in [7, 11) is 0. The molecule has 4 aliphatic rings. The first-order valence-corrected chi connectivity index (χ1v) is 41.4. The maximum Gasteiger partial charge on any atom is 0.252 e. The molecule has 0 atom stereocenters. The van der Waals surface area contributed by atoms with Crippen molar-refractivity contribution < 1.29 is 0 Å². The van der Waals surface area contributed by atoms with E-state index < -0.39 is 0 Å². The molecule has 120 heavy (non-hydrogen) atoms. The summed E-state index contributed by atoms with van der Waals surface area (Å²) >= 11 is 15.3. The predicted octanol–water partition coefficient (Wildman–Crippen LogP) is 26.7. The Labute approximate surface area is 711 Å². The number of para-hydroxylation sites is 12. The van der Waals surface area contributed by atoms with Gasteiger partial charge in [0.1, 0.15) is 0 Å². The van der Waals surface area contributed by atoms with Gasteiger partial charge in [0, 0.05) is 114 Å². The molecule has 12 heteroatoms. The van der Waals surface area contributed by atoms with Crippen molar-refractivity contribution in [1.29, 1.82) is 0 Å². The molecule has 18 aromatic carbocycles. The highest BCUT2D eigenvalue weighted by Gasteiger charge is 2.48. The van der Waals surface area contributed by atoms with Crippen LogP contribution in [0.4, 0.5) is 136 Å². The molecular weight excluding hydrogens is 1500 g/mol. The van der Waals surface area contributed by atoms with Crippen LogP contribution in [0.1, 0.15) is 0 Å². The van der Waals surface area contributed by atoms with E-state index >= 15 is 0 Å². The van der Waals surface area contributed by atoms with Gasteiger partial charge in [0.2, 0.25) is 0 Å². The lowest BCUT2D eigenvalue weighted by Gasteiger charge is -2.47. The monoisotopic (exact) mass is 1580 g/mol. The summed E-state index contributed by atoms with van der Waals surface area (Å²) in [5, 5.41) is 1.22. The van der Waals surface area contributed by atoms with Crippen molar-refractivity contribution in [2.45, 2.75) is 0 Å². The fourth-order valence-corrected chi connectivity index (χ4v) is 18.9. The number of benzene rings is 18. The quantitative estimate of drug-likeness (QED) is 0.0883. The normalized spacial score (nSPS) is 12.3. The third kappa shape index (κ3) is 12.9. The number of halogens is 2. The molecule has 4 heterocycles. The van der Waals surface area contributed by atoms with Crippen molar-refractivity contribution in [3.8, 4) is 0 Å². The highest BCUT2D eigenvalue weighted by Crippen LogP contribution is 2.53. The predicted molar refractivity (Wildman–Crippen MR) is 510 cm³/mol. The average molecular weight is 1580 g/mol. The average Bonchev–Trinajstić information content (AvgIpc) is 0.689. The van der Waals surface area contributed by atoms with E-state index in [9.17, 15) is 0 Å². The van der Waals surface area contributed by atoms with Gasteiger partial charge in [0.15, 0.2) is 0 Å². The van der Waals surface area contributed by atoms with Crippen LogP contribution in [0.5, 0.6) is 0 Å². The number of hydrogen-bond donors (Lipinski definition) is 0. The van der Waals surface area contributed by atoms with Gasteiger partial charge in [-0.15, -0.1) is 0 Å². The standard InChI is InChI=1S/C54H36B2N4.C54H40Cl2N4/c1-5-19-37(20-6-1)57-45-29-15-13-27-41(45)55-43-35-44-52(36-51(43)59(39-23-9-3-10-24-39)49-33-17-31-47(57)53(49)55)60(40-25-11-4-12-26-40)50-34-18-32-48-54(50)56(44)42-28-14-16-30-46(42)58(48)38-21-7-2-8-22-38;55-53-49(57(41-22-7-1-8-23-41)42-24-9-2-10-25-42)36-20-38-51(53)59(45-30-15-5-16-31-45)47-34-19-35-48(40-47)60(46-32-17-6-18-33-46)52-39-21-37-50(54(52)56)58(43-26-11-3-12-27-43)44-28-13-4-14-29-44/h1-36H;1-40H. The Hall–Kier alpha value is -14.9. The highest BCUT2D eigenvalue weighted by atomic mass is 35.5. The summed E-state index contributed by atoms with van der Waals surface area (Å²) < 4.78 is 0. The van der Waals surface area contributed by atoms with E-state index in [-0.39, 0.29) is 13.4 Å². The van der Waals surface area contributed by atoms with Crippen LogP contribution in [-0.2, 0) is 0 Å². The van der Waals surface area contributed by atoms with Gasteiger partial charge >= 0.3 is 0 Å². The zero-order valence-electron chi connectivity index (χ0n) is 65.4. The van der Waals surface area contributed by atoms with Crippen LogP contribution < -0.4 is 72.0 Å². The lowest BCUT2D eigenvalue weighted by Crippen LogP contribution is -2.65. The number of rotatable bonds is 16. The summed E-state index contributed by atoms with van der Waals surface area (Å²) in [5.41, 5.74) is 33.4. The highest BCUT2D eigenvalue weighted by molar-refractivity contribution is 7.03. The maximum absolute atomic E-state index is 7.65. The molecule has 0 aliphatic carbocycles. The third-order valence-corrected chi connectivity index (χ3v) is 24.1. The fourth-order valence-electron chi connectivity index (χ4n) is 18.3. The summed E-state index contributed by atoms with van der Waals surface area (Å²) in [4.78, 5) is 18.8. The Bertz CT molecular complexity index is 6270. The zero-order valence-corrected chi connectivity index (χ0v) is 66.9. The molecular formula is C108H76B2Cl2N8. The molecule has 0 saturated carbocycles. The van der Waals surface area contributed by atoms with Crippen molar-refractivity contribution in [2.24, 2.45) is 0 Å². The summed E-state index contributed by atoms with van der Waals surface area (Å²) in [5.74, 6) is 0. The molecule has 0 fully saturated rings. The lowest BCUT2D eigenvalue weighted by molar-refractivity contribution is 1.23. The first kappa shape index (κ1) is 72.7. The van der Waals surface area contributed by atoms with E-state index in [1.165, 1.54) is 78.3 Å². The number of hydrogen-bond acceptors (Lipinski definition) is 8. The second-order valence-electron chi connectivity index (χ2n) is 30.2. The van der Waals surface area contributed by atoms with Crippen LogP contribution >= 0.6 is 23.2 Å². The summed E-state index contributed by atoms with van der Waals surface area (Å²) in [6.45, 7) is 0.0168. The van der Waals surface area contributed by atoms with E-state index in [0.29, 0.717) is 10.0 Å². The zero-order chi connectivity index (χ0) is 80.0. The van der Waals surface area contributed by atoms with Crippen molar-refractivity contribution in [3.63, 3.8) is 0 Å².